The maximum absolute atomic E-state index is 12.1. The number of benzene rings is 1. The van der Waals surface area contributed by atoms with Gasteiger partial charge >= 0.3 is 5.97 Å². The number of piperidine rings is 1. The molecule has 1 aliphatic rings. The molecule has 1 saturated heterocycles. The van der Waals surface area contributed by atoms with Gasteiger partial charge in [-0.1, -0.05) is 18.2 Å². The number of hydrogen-bond acceptors (Lipinski definition) is 4. The molecule has 1 fully saturated rings. The first-order valence-corrected chi connectivity index (χ1v) is 9.41. The van der Waals surface area contributed by atoms with Gasteiger partial charge in [0, 0.05) is 32.5 Å². The van der Waals surface area contributed by atoms with E-state index in [-0.39, 0.29) is 36.1 Å². The van der Waals surface area contributed by atoms with Crippen LogP contribution >= 0.6 is 0 Å². The molecule has 0 saturated carbocycles. The lowest BCUT2D eigenvalue weighted by molar-refractivity contribution is -0.138. The van der Waals surface area contributed by atoms with Crippen molar-refractivity contribution < 1.29 is 23.1 Å². The molecular formula is C16H22N2O5S. The van der Waals surface area contributed by atoms with Crippen molar-refractivity contribution in [1.82, 2.24) is 9.62 Å². The van der Waals surface area contributed by atoms with Crippen molar-refractivity contribution in [3.63, 3.8) is 0 Å². The first kappa shape index (κ1) is 18.4. The molecule has 0 atom stereocenters. The number of nitrogens with zero attached hydrogens (tertiary/aromatic N) is 1. The van der Waals surface area contributed by atoms with Crippen molar-refractivity contribution in [1.29, 1.82) is 0 Å². The molecule has 1 aromatic carbocycles. The highest BCUT2D eigenvalue weighted by atomic mass is 32.2. The van der Waals surface area contributed by atoms with Gasteiger partial charge in [0.1, 0.15) is 0 Å². The quantitative estimate of drug-likeness (QED) is 0.762. The average Bonchev–Trinajstić information content (AvgIpc) is 2.55. The smallest absolute Gasteiger partial charge is 0.303 e. The van der Waals surface area contributed by atoms with E-state index < -0.39 is 16.0 Å². The first-order valence-electron chi connectivity index (χ1n) is 7.93. The Kier molecular flexibility index (Phi) is 6.33. The number of aliphatic carboxylic acids is 1. The van der Waals surface area contributed by atoms with E-state index in [2.05, 4.69) is 4.72 Å². The standard InChI is InChI=1S/C16H22N2O5S/c19-15(18-10-7-13(8-11-18)12-16(20)21)6-9-17-24(22,23)14-4-2-1-3-5-14/h1-5,13,17H,6-12H2,(H,20,21). The summed E-state index contributed by atoms with van der Waals surface area (Å²) in [6.07, 6.45) is 1.58. The Balaban J connectivity index is 1.75. The third-order valence-electron chi connectivity index (χ3n) is 4.11. The van der Waals surface area contributed by atoms with E-state index in [9.17, 15) is 18.0 Å². The molecule has 8 heteroatoms. The summed E-state index contributed by atoms with van der Waals surface area (Å²) >= 11 is 0. The summed E-state index contributed by atoms with van der Waals surface area (Å²) in [5.74, 6) is -0.808. The largest absolute Gasteiger partial charge is 0.481 e. The number of carbonyl (C=O) groups excluding carboxylic acids is 1. The normalized spacial score (nSPS) is 16.1. The van der Waals surface area contributed by atoms with Crippen LogP contribution in [0.1, 0.15) is 25.7 Å². The third-order valence-corrected chi connectivity index (χ3v) is 5.59. The molecule has 0 unspecified atom stereocenters. The second-order valence-corrected chi connectivity index (χ2v) is 7.65. The zero-order chi connectivity index (χ0) is 17.6. The number of hydrogen-bond donors (Lipinski definition) is 2. The van der Waals surface area contributed by atoms with Gasteiger partial charge in [0.05, 0.1) is 4.90 Å². The van der Waals surface area contributed by atoms with Gasteiger partial charge in [-0.05, 0) is 30.9 Å². The van der Waals surface area contributed by atoms with E-state index in [1.165, 1.54) is 12.1 Å². The Bertz CT molecular complexity index is 667. The molecule has 1 amide bonds. The van der Waals surface area contributed by atoms with Crippen molar-refractivity contribution in [3.8, 4) is 0 Å². The van der Waals surface area contributed by atoms with Crippen LogP contribution < -0.4 is 4.72 Å². The van der Waals surface area contributed by atoms with Gasteiger partial charge in [-0.3, -0.25) is 9.59 Å². The summed E-state index contributed by atoms with van der Waals surface area (Å²) in [6.45, 7) is 1.11. The lowest BCUT2D eigenvalue weighted by Crippen LogP contribution is -2.40. The van der Waals surface area contributed by atoms with E-state index in [1.54, 1.807) is 23.1 Å². The summed E-state index contributed by atoms with van der Waals surface area (Å²) in [7, 11) is -3.59. The Morgan fingerprint density at radius 2 is 1.79 bits per heavy atom. The minimum absolute atomic E-state index is 0.0467. The van der Waals surface area contributed by atoms with Crippen molar-refractivity contribution >= 4 is 21.9 Å². The molecule has 0 aromatic heterocycles. The molecule has 2 rings (SSSR count). The molecule has 2 N–H and O–H groups in total. The second-order valence-electron chi connectivity index (χ2n) is 5.88. The van der Waals surface area contributed by atoms with Gasteiger partial charge in [0.15, 0.2) is 0 Å². The van der Waals surface area contributed by atoms with Gasteiger partial charge in [0.2, 0.25) is 15.9 Å². The summed E-state index contributed by atoms with van der Waals surface area (Å²) < 4.78 is 26.5. The molecule has 0 radical (unpaired) electrons. The lowest BCUT2D eigenvalue weighted by atomic mass is 9.93. The minimum Gasteiger partial charge on any atom is -0.481 e. The second kappa shape index (κ2) is 8.25. The van der Waals surface area contributed by atoms with E-state index in [0.29, 0.717) is 25.9 Å². The summed E-state index contributed by atoms with van der Waals surface area (Å²) in [4.78, 5) is 24.7. The maximum Gasteiger partial charge on any atom is 0.303 e. The fraction of sp³-hybridized carbons (Fsp3) is 0.500. The van der Waals surface area contributed by atoms with Crippen LogP contribution in [-0.4, -0.2) is 49.9 Å². The Hall–Kier alpha value is -1.93. The Morgan fingerprint density at radius 1 is 1.17 bits per heavy atom. The van der Waals surface area contributed by atoms with E-state index >= 15 is 0 Å². The minimum atomic E-state index is -3.59. The van der Waals surface area contributed by atoms with Gasteiger partial charge in [0.25, 0.3) is 0 Å². The Morgan fingerprint density at radius 3 is 2.38 bits per heavy atom. The van der Waals surface area contributed by atoms with Crippen LogP contribution in [0, 0.1) is 5.92 Å². The Labute approximate surface area is 141 Å². The molecule has 0 bridgehead atoms. The molecule has 1 aromatic rings. The number of sulfonamides is 1. The van der Waals surface area contributed by atoms with E-state index in [0.717, 1.165) is 0 Å². The molecule has 132 valence electrons. The topological polar surface area (TPSA) is 104 Å². The SMILES string of the molecule is O=C(O)CC1CCN(C(=O)CCNS(=O)(=O)c2ccccc2)CC1. The number of carbonyl (C=O) groups is 2. The van der Waals surface area contributed by atoms with Crippen molar-refractivity contribution in [2.24, 2.45) is 5.92 Å². The average molecular weight is 354 g/mol. The van der Waals surface area contributed by atoms with Crippen LogP contribution in [0.4, 0.5) is 0 Å². The first-order chi connectivity index (χ1) is 11.4. The molecule has 1 aliphatic heterocycles. The highest BCUT2D eigenvalue weighted by molar-refractivity contribution is 7.89. The summed E-state index contributed by atoms with van der Waals surface area (Å²) in [5, 5.41) is 8.78. The van der Waals surface area contributed by atoms with Gasteiger partial charge in [-0.2, -0.15) is 0 Å². The number of nitrogens with one attached hydrogen (secondary N) is 1. The van der Waals surface area contributed by atoms with Gasteiger partial charge in [-0.25, -0.2) is 13.1 Å². The zero-order valence-electron chi connectivity index (χ0n) is 13.3. The molecule has 0 spiro atoms. The number of carboxylic acid groups (broad SMARTS) is 1. The van der Waals surface area contributed by atoms with Gasteiger partial charge < -0.3 is 10.0 Å². The van der Waals surface area contributed by atoms with Crippen molar-refractivity contribution in [3.05, 3.63) is 30.3 Å². The predicted octanol–water partition coefficient (Wildman–Crippen LogP) is 1.07. The van der Waals surface area contributed by atoms with Gasteiger partial charge in [-0.15, -0.1) is 0 Å². The monoisotopic (exact) mass is 354 g/mol. The highest BCUT2D eigenvalue weighted by Gasteiger charge is 2.24. The highest BCUT2D eigenvalue weighted by Crippen LogP contribution is 2.20. The van der Waals surface area contributed by atoms with E-state index in [1.807, 2.05) is 0 Å². The number of amides is 1. The van der Waals surface area contributed by atoms with Crippen molar-refractivity contribution in [2.45, 2.75) is 30.6 Å². The van der Waals surface area contributed by atoms with Crippen LogP contribution in [0.25, 0.3) is 0 Å². The fourth-order valence-corrected chi connectivity index (χ4v) is 3.82. The summed E-state index contributed by atoms with van der Waals surface area (Å²) in [5.41, 5.74) is 0. The van der Waals surface area contributed by atoms with Crippen LogP contribution in [-0.2, 0) is 19.6 Å². The molecule has 0 aliphatic carbocycles. The molecule has 1 heterocycles. The zero-order valence-corrected chi connectivity index (χ0v) is 14.2. The fourth-order valence-electron chi connectivity index (χ4n) is 2.77. The number of likely N-dealkylation sites (tertiary alicyclic amines) is 1. The van der Waals surface area contributed by atoms with Crippen LogP contribution in [0.2, 0.25) is 0 Å². The maximum atomic E-state index is 12.1. The predicted molar refractivity (Wildman–Crippen MR) is 87.8 cm³/mol. The van der Waals surface area contributed by atoms with Crippen LogP contribution in [0.15, 0.2) is 35.2 Å². The van der Waals surface area contributed by atoms with E-state index in [4.69, 9.17) is 5.11 Å². The van der Waals surface area contributed by atoms with Crippen LogP contribution in [0.5, 0.6) is 0 Å². The molecule has 7 nitrogen and oxygen atoms in total. The lowest BCUT2D eigenvalue weighted by Gasteiger charge is -2.31. The molecule has 24 heavy (non-hydrogen) atoms. The summed E-state index contributed by atoms with van der Waals surface area (Å²) in [6, 6.07) is 8.01. The van der Waals surface area contributed by atoms with Crippen molar-refractivity contribution in [2.75, 3.05) is 19.6 Å². The third kappa shape index (κ3) is 5.31. The van der Waals surface area contributed by atoms with Crippen LogP contribution in [0.3, 0.4) is 0 Å². The number of rotatable bonds is 7. The number of carboxylic acids is 1. The molecular weight excluding hydrogens is 332 g/mol.